The predicted molar refractivity (Wildman–Crippen MR) is 120 cm³/mol. The molecule has 0 aliphatic carbocycles. The molecule has 6 nitrogen and oxygen atoms in total. The zero-order chi connectivity index (χ0) is 21.8. The summed E-state index contributed by atoms with van der Waals surface area (Å²) in [5, 5.41) is 6.54. The molecule has 6 heteroatoms. The maximum Gasteiger partial charge on any atom is 0.329 e. The van der Waals surface area contributed by atoms with Crippen LogP contribution in [-0.4, -0.2) is 22.6 Å². The van der Waals surface area contributed by atoms with Gasteiger partial charge in [-0.3, -0.25) is 9.59 Å². The summed E-state index contributed by atoms with van der Waals surface area (Å²) in [6.45, 7) is 9.99. The summed E-state index contributed by atoms with van der Waals surface area (Å²) in [5.41, 5.74) is 10.2. The average molecular weight is 402 g/mol. The van der Waals surface area contributed by atoms with Gasteiger partial charge in [-0.25, -0.2) is 5.43 Å². The average Bonchev–Trinajstić information content (AvgIpc) is 2.98. The highest BCUT2D eigenvalue weighted by Crippen LogP contribution is 2.20. The van der Waals surface area contributed by atoms with E-state index in [1.807, 2.05) is 58.0 Å². The molecule has 0 spiro atoms. The minimum Gasteiger partial charge on any atom is -0.318 e. The van der Waals surface area contributed by atoms with Gasteiger partial charge in [0, 0.05) is 28.3 Å². The number of amides is 2. The molecule has 1 aromatic heterocycles. The summed E-state index contributed by atoms with van der Waals surface area (Å²) < 4.78 is 2.13. The van der Waals surface area contributed by atoms with Crippen LogP contribution in [0.15, 0.2) is 53.6 Å². The first-order chi connectivity index (χ1) is 14.3. The SMILES string of the molecule is Cc1cccc(-n2c(C)cc(/C=N\NC(=O)C(=O)Nc3ccc(C)c(C)c3)c2C)c1. The van der Waals surface area contributed by atoms with Crippen LogP contribution in [0.25, 0.3) is 5.69 Å². The van der Waals surface area contributed by atoms with E-state index in [9.17, 15) is 9.59 Å². The second-order valence-electron chi connectivity index (χ2n) is 7.45. The number of hydrogen-bond acceptors (Lipinski definition) is 3. The molecule has 3 aromatic rings. The standard InChI is InChI=1S/C24H26N4O2/c1-15-7-6-8-22(11-15)28-18(4)13-20(19(28)5)14-25-27-24(30)23(29)26-21-10-9-16(2)17(3)12-21/h6-14H,1-5H3,(H,26,29)(H,27,30)/b25-14-. The number of rotatable bonds is 4. The van der Waals surface area contributed by atoms with Crippen molar-refractivity contribution < 1.29 is 9.59 Å². The van der Waals surface area contributed by atoms with Crippen molar-refractivity contribution in [3.05, 3.63) is 82.2 Å². The van der Waals surface area contributed by atoms with Crippen LogP contribution < -0.4 is 10.7 Å². The van der Waals surface area contributed by atoms with Gasteiger partial charge in [0.25, 0.3) is 0 Å². The van der Waals surface area contributed by atoms with Crippen molar-refractivity contribution in [1.82, 2.24) is 9.99 Å². The third kappa shape index (κ3) is 4.66. The number of aryl methyl sites for hydroxylation is 4. The Balaban J connectivity index is 1.67. The Labute approximate surface area is 176 Å². The summed E-state index contributed by atoms with van der Waals surface area (Å²) in [4.78, 5) is 24.2. The van der Waals surface area contributed by atoms with E-state index in [0.29, 0.717) is 5.69 Å². The van der Waals surface area contributed by atoms with Crippen LogP contribution in [-0.2, 0) is 9.59 Å². The fraction of sp³-hybridized carbons (Fsp3) is 0.208. The highest BCUT2D eigenvalue weighted by molar-refractivity contribution is 6.39. The first-order valence-corrected chi connectivity index (χ1v) is 9.74. The molecule has 3 rings (SSSR count). The highest BCUT2D eigenvalue weighted by Gasteiger charge is 2.14. The van der Waals surface area contributed by atoms with Crippen molar-refractivity contribution in [3.63, 3.8) is 0 Å². The van der Waals surface area contributed by atoms with Gasteiger partial charge in [-0.05, 0) is 81.6 Å². The summed E-state index contributed by atoms with van der Waals surface area (Å²) in [6.07, 6.45) is 1.55. The summed E-state index contributed by atoms with van der Waals surface area (Å²) in [6, 6.07) is 15.7. The van der Waals surface area contributed by atoms with Gasteiger partial charge < -0.3 is 9.88 Å². The van der Waals surface area contributed by atoms with Crippen molar-refractivity contribution in [3.8, 4) is 5.69 Å². The molecule has 0 bridgehead atoms. The fourth-order valence-electron chi connectivity index (χ4n) is 3.30. The minimum absolute atomic E-state index is 0.573. The molecule has 2 N–H and O–H groups in total. The highest BCUT2D eigenvalue weighted by atomic mass is 16.2. The Morgan fingerprint density at radius 1 is 0.900 bits per heavy atom. The van der Waals surface area contributed by atoms with E-state index in [1.54, 1.807) is 12.3 Å². The molecule has 0 unspecified atom stereocenters. The molecule has 0 saturated heterocycles. The molecule has 2 aromatic carbocycles. The normalized spacial score (nSPS) is 11.0. The van der Waals surface area contributed by atoms with Gasteiger partial charge in [0.1, 0.15) is 0 Å². The van der Waals surface area contributed by atoms with Gasteiger partial charge in [-0.2, -0.15) is 5.10 Å². The number of nitrogens with one attached hydrogen (secondary N) is 2. The smallest absolute Gasteiger partial charge is 0.318 e. The van der Waals surface area contributed by atoms with E-state index < -0.39 is 11.8 Å². The van der Waals surface area contributed by atoms with E-state index >= 15 is 0 Å². The Morgan fingerprint density at radius 3 is 2.37 bits per heavy atom. The molecule has 0 fully saturated rings. The van der Waals surface area contributed by atoms with E-state index in [4.69, 9.17) is 0 Å². The number of nitrogens with zero attached hydrogens (tertiary/aromatic N) is 2. The summed E-state index contributed by atoms with van der Waals surface area (Å²) in [7, 11) is 0. The number of hydrogen-bond donors (Lipinski definition) is 2. The molecule has 154 valence electrons. The fourth-order valence-corrected chi connectivity index (χ4v) is 3.30. The number of benzene rings is 2. The Bertz CT molecular complexity index is 1140. The summed E-state index contributed by atoms with van der Waals surface area (Å²) >= 11 is 0. The Morgan fingerprint density at radius 2 is 1.67 bits per heavy atom. The third-order valence-corrected chi connectivity index (χ3v) is 5.07. The number of carbonyl (C=O) groups is 2. The van der Waals surface area contributed by atoms with E-state index in [1.165, 1.54) is 5.56 Å². The van der Waals surface area contributed by atoms with E-state index in [-0.39, 0.29) is 0 Å². The van der Waals surface area contributed by atoms with Crippen molar-refractivity contribution >= 4 is 23.7 Å². The van der Waals surface area contributed by atoms with Crippen molar-refractivity contribution in [2.45, 2.75) is 34.6 Å². The van der Waals surface area contributed by atoms with E-state index in [0.717, 1.165) is 33.8 Å². The zero-order valence-electron chi connectivity index (χ0n) is 17.9. The Kier molecular flexibility index (Phi) is 6.16. The number of anilines is 1. The first kappa shape index (κ1) is 21.0. The maximum absolute atomic E-state index is 12.1. The molecule has 0 radical (unpaired) electrons. The lowest BCUT2D eigenvalue weighted by atomic mass is 10.1. The predicted octanol–water partition coefficient (Wildman–Crippen LogP) is 4.11. The Hall–Kier alpha value is -3.67. The van der Waals surface area contributed by atoms with Crippen molar-refractivity contribution in [1.29, 1.82) is 0 Å². The van der Waals surface area contributed by atoms with Gasteiger partial charge in [-0.15, -0.1) is 0 Å². The lowest BCUT2D eigenvalue weighted by Crippen LogP contribution is -2.32. The van der Waals surface area contributed by atoms with Crippen LogP contribution in [0, 0.1) is 34.6 Å². The van der Waals surface area contributed by atoms with Gasteiger partial charge in [0.05, 0.1) is 6.21 Å². The number of carbonyl (C=O) groups excluding carboxylic acids is 2. The monoisotopic (exact) mass is 402 g/mol. The summed E-state index contributed by atoms with van der Waals surface area (Å²) in [5.74, 6) is -1.59. The van der Waals surface area contributed by atoms with E-state index in [2.05, 4.69) is 39.5 Å². The molecular formula is C24H26N4O2. The van der Waals surface area contributed by atoms with Crippen LogP contribution in [0.2, 0.25) is 0 Å². The van der Waals surface area contributed by atoms with Crippen LogP contribution in [0.4, 0.5) is 5.69 Å². The largest absolute Gasteiger partial charge is 0.329 e. The maximum atomic E-state index is 12.1. The van der Waals surface area contributed by atoms with Gasteiger partial charge in [0.15, 0.2) is 0 Å². The molecule has 2 amide bonds. The lowest BCUT2D eigenvalue weighted by Gasteiger charge is -2.10. The topological polar surface area (TPSA) is 75.5 Å². The molecule has 0 saturated carbocycles. The van der Waals surface area contributed by atoms with Gasteiger partial charge >= 0.3 is 11.8 Å². The van der Waals surface area contributed by atoms with Crippen LogP contribution in [0.1, 0.15) is 33.6 Å². The van der Waals surface area contributed by atoms with Crippen molar-refractivity contribution in [2.24, 2.45) is 5.10 Å². The van der Waals surface area contributed by atoms with Crippen LogP contribution in [0.3, 0.4) is 0 Å². The van der Waals surface area contributed by atoms with Crippen LogP contribution in [0.5, 0.6) is 0 Å². The minimum atomic E-state index is -0.822. The number of hydrazone groups is 1. The van der Waals surface area contributed by atoms with Gasteiger partial charge in [0.2, 0.25) is 0 Å². The molecule has 0 aliphatic rings. The molecule has 30 heavy (non-hydrogen) atoms. The van der Waals surface area contributed by atoms with Crippen LogP contribution >= 0.6 is 0 Å². The van der Waals surface area contributed by atoms with Crippen molar-refractivity contribution in [2.75, 3.05) is 5.32 Å². The third-order valence-electron chi connectivity index (χ3n) is 5.07. The second-order valence-corrected chi connectivity index (χ2v) is 7.45. The number of aromatic nitrogens is 1. The molecular weight excluding hydrogens is 376 g/mol. The lowest BCUT2D eigenvalue weighted by molar-refractivity contribution is -0.136. The zero-order valence-corrected chi connectivity index (χ0v) is 17.9. The molecule has 1 heterocycles. The quantitative estimate of drug-likeness (QED) is 0.391. The first-order valence-electron chi connectivity index (χ1n) is 9.74. The molecule has 0 aliphatic heterocycles. The van der Waals surface area contributed by atoms with Gasteiger partial charge in [-0.1, -0.05) is 18.2 Å². The second kappa shape index (κ2) is 8.78. The molecule has 0 atom stereocenters.